The van der Waals surface area contributed by atoms with Gasteiger partial charge in [-0.15, -0.1) is 10.2 Å². The Morgan fingerprint density at radius 1 is 1.17 bits per heavy atom. The number of ether oxygens (including phenoxy) is 1. The number of nitrogens with one attached hydrogen (secondary N) is 1. The van der Waals surface area contributed by atoms with E-state index in [4.69, 9.17) is 9.26 Å². The van der Waals surface area contributed by atoms with Gasteiger partial charge in [0.2, 0.25) is 5.88 Å². The number of aromatic nitrogens is 6. The van der Waals surface area contributed by atoms with Gasteiger partial charge < -0.3 is 19.1 Å². The summed E-state index contributed by atoms with van der Waals surface area (Å²) in [7, 11) is 0. The Morgan fingerprint density at radius 3 is 2.83 bits per heavy atom. The summed E-state index contributed by atoms with van der Waals surface area (Å²) >= 11 is 0. The Morgan fingerprint density at radius 2 is 2.03 bits per heavy atom. The Bertz CT molecular complexity index is 1170. The smallest absolute Gasteiger partial charge is 0.232 e. The number of aryl methyl sites for hydroxylation is 1. The largest absolute Gasteiger partial charge is 0.471 e. The molecular formula is C20H18FN7O2. The first kappa shape index (κ1) is 18.4. The van der Waals surface area contributed by atoms with Crippen molar-refractivity contribution in [3.63, 3.8) is 0 Å². The van der Waals surface area contributed by atoms with Crippen molar-refractivity contribution >= 4 is 0 Å². The molecule has 10 heteroatoms. The Hall–Kier alpha value is -3.66. The van der Waals surface area contributed by atoms with E-state index in [0.717, 1.165) is 30.0 Å². The minimum Gasteiger partial charge on any atom is -0.471 e. The molecule has 4 heterocycles. The molecule has 0 radical (unpaired) electrons. The van der Waals surface area contributed by atoms with E-state index in [1.54, 1.807) is 31.5 Å². The third-order valence-corrected chi connectivity index (χ3v) is 4.95. The highest BCUT2D eigenvalue weighted by atomic mass is 19.1. The molecule has 0 fully saturated rings. The molecule has 1 aliphatic heterocycles. The summed E-state index contributed by atoms with van der Waals surface area (Å²) < 4.78 is 26.4. The fraction of sp³-hybridized carbons (Fsp3) is 0.250. The molecule has 5 rings (SSSR count). The van der Waals surface area contributed by atoms with Gasteiger partial charge in [-0.25, -0.2) is 14.4 Å². The molecule has 3 aromatic heterocycles. The number of hydrogen-bond acceptors (Lipinski definition) is 8. The molecule has 0 saturated heterocycles. The summed E-state index contributed by atoms with van der Waals surface area (Å²) in [5, 5.41) is 15.8. The second-order valence-electron chi connectivity index (χ2n) is 6.87. The highest BCUT2D eigenvalue weighted by Gasteiger charge is 2.19. The van der Waals surface area contributed by atoms with Crippen LogP contribution in [0.25, 0.3) is 22.8 Å². The Balaban J connectivity index is 1.33. The molecule has 0 unspecified atom stereocenters. The molecular weight excluding hydrogens is 389 g/mol. The van der Waals surface area contributed by atoms with Gasteiger partial charge in [0.05, 0.1) is 24.5 Å². The van der Waals surface area contributed by atoms with E-state index < -0.39 is 0 Å². The zero-order valence-corrected chi connectivity index (χ0v) is 16.2. The van der Waals surface area contributed by atoms with Crippen LogP contribution in [0, 0.1) is 12.7 Å². The van der Waals surface area contributed by atoms with Crippen LogP contribution in [0.4, 0.5) is 4.39 Å². The zero-order valence-electron chi connectivity index (χ0n) is 16.2. The number of rotatable bonds is 5. The Labute approximate surface area is 170 Å². The van der Waals surface area contributed by atoms with Crippen LogP contribution >= 0.6 is 0 Å². The summed E-state index contributed by atoms with van der Waals surface area (Å²) in [6, 6.07) is 6.07. The van der Waals surface area contributed by atoms with Crippen molar-refractivity contribution in [1.29, 1.82) is 0 Å². The average molecular weight is 407 g/mol. The van der Waals surface area contributed by atoms with E-state index in [9.17, 15) is 4.39 Å². The van der Waals surface area contributed by atoms with Crippen molar-refractivity contribution in [2.45, 2.75) is 26.6 Å². The minimum atomic E-state index is -0.308. The van der Waals surface area contributed by atoms with E-state index in [1.165, 1.54) is 12.1 Å². The van der Waals surface area contributed by atoms with E-state index >= 15 is 0 Å². The van der Waals surface area contributed by atoms with Crippen molar-refractivity contribution in [2.75, 3.05) is 6.54 Å². The molecule has 1 aromatic carbocycles. The number of halogens is 1. The molecule has 152 valence electrons. The maximum atomic E-state index is 13.2. The van der Waals surface area contributed by atoms with Crippen molar-refractivity contribution < 1.29 is 13.7 Å². The van der Waals surface area contributed by atoms with Gasteiger partial charge in [0, 0.05) is 18.7 Å². The van der Waals surface area contributed by atoms with Crippen molar-refractivity contribution in [3.05, 3.63) is 59.6 Å². The SMILES string of the molecule is Cc1onc(-c2ccc(F)cc2)c1COc1cnc(-c2nnc3n2CCNC3)cn1. The predicted molar refractivity (Wildman–Crippen MR) is 104 cm³/mol. The van der Waals surface area contributed by atoms with Crippen LogP contribution in [-0.2, 0) is 19.7 Å². The molecule has 0 bridgehead atoms. The summed E-state index contributed by atoms with van der Waals surface area (Å²) in [5.74, 6) is 2.26. The van der Waals surface area contributed by atoms with Gasteiger partial charge >= 0.3 is 0 Å². The monoisotopic (exact) mass is 407 g/mol. The first-order chi connectivity index (χ1) is 14.7. The molecule has 1 N–H and O–H groups in total. The van der Waals surface area contributed by atoms with Crippen molar-refractivity contribution in [2.24, 2.45) is 0 Å². The fourth-order valence-corrected chi connectivity index (χ4v) is 3.33. The molecule has 1 aliphatic rings. The maximum absolute atomic E-state index is 13.2. The normalized spacial score (nSPS) is 13.3. The van der Waals surface area contributed by atoms with Crippen molar-refractivity contribution in [3.8, 4) is 28.7 Å². The van der Waals surface area contributed by atoms with Crippen LogP contribution < -0.4 is 10.1 Å². The molecule has 0 spiro atoms. The first-order valence-corrected chi connectivity index (χ1v) is 9.48. The van der Waals surface area contributed by atoms with Crippen LogP contribution in [-0.4, -0.2) is 36.4 Å². The molecule has 30 heavy (non-hydrogen) atoms. The van der Waals surface area contributed by atoms with E-state index in [0.29, 0.717) is 35.4 Å². The van der Waals surface area contributed by atoms with Crippen molar-refractivity contribution in [1.82, 2.24) is 35.2 Å². The lowest BCUT2D eigenvalue weighted by molar-refractivity contribution is 0.289. The predicted octanol–water partition coefficient (Wildman–Crippen LogP) is 2.52. The molecule has 4 aromatic rings. The number of hydrogen-bond donors (Lipinski definition) is 1. The highest BCUT2D eigenvalue weighted by molar-refractivity contribution is 5.63. The maximum Gasteiger partial charge on any atom is 0.232 e. The summed E-state index contributed by atoms with van der Waals surface area (Å²) in [6.45, 7) is 4.34. The third-order valence-electron chi connectivity index (χ3n) is 4.95. The van der Waals surface area contributed by atoms with E-state index in [2.05, 4.69) is 30.6 Å². The van der Waals surface area contributed by atoms with Gasteiger partial charge in [0.25, 0.3) is 0 Å². The summed E-state index contributed by atoms with van der Waals surface area (Å²) in [5.41, 5.74) is 2.77. The van der Waals surface area contributed by atoms with Gasteiger partial charge in [-0.2, -0.15) is 0 Å². The lowest BCUT2D eigenvalue weighted by Crippen LogP contribution is -2.28. The third kappa shape index (κ3) is 3.41. The first-order valence-electron chi connectivity index (χ1n) is 9.48. The van der Waals surface area contributed by atoms with Crippen LogP contribution in [0.2, 0.25) is 0 Å². The van der Waals surface area contributed by atoms with Gasteiger partial charge in [0.1, 0.15) is 35.4 Å². The lowest BCUT2D eigenvalue weighted by Gasteiger charge is -2.15. The summed E-state index contributed by atoms with van der Waals surface area (Å²) in [4.78, 5) is 8.77. The molecule has 9 nitrogen and oxygen atoms in total. The second-order valence-corrected chi connectivity index (χ2v) is 6.87. The van der Waals surface area contributed by atoms with Crippen LogP contribution in [0.15, 0.2) is 41.2 Å². The van der Waals surface area contributed by atoms with Crippen LogP contribution in [0.5, 0.6) is 5.88 Å². The summed E-state index contributed by atoms with van der Waals surface area (Å²) in [6.07, 6.45) is 3.18. The minimum absolute atomic E-state index is 0.196. The fourth-order valence-electron chi connectivity index (χ4n) is 3.33. The number of fused-ring (bicyclic) bond motifs is 1. The van der Waals surface area contributed by atoms with Gasteiger partial charge in [-0.05, 0) is 31.2 Å². The second kappa shape index (κ2) is 7.64. The average Bonchev–Trinajstić information content (AvgIpc) is 3.37. The standard InChI is InChI=1S/C20H18FN7O2/c1-12-15(19(27-30-12)13-2-4-14(21)5-3-13)11-29-18-10-23-16(8-24-18)20-26-25-17-9-22-6-7-28(17)20/h2-5,8,10,22H,6-7,9,11H2,1H3. The molecule has 0 atom stereocenters. The molecule has 0 aliphatic carbocycles. The van der Waals surface area contributed by atoms with Gasteiger partial charge in [-0.3, -0.25) is 0 Å². The zero-order chi connectivity index (χ0) is 20.5. The van der Waals surface area contributed by atoms with Gasteiger partial charge in [0.15, 0.2) is 5.82 Å². The van der Waals surface area contributed by atoms with Gasteiger partial charge in [-0.1, -0.05) is 5.16 Å². The number of nitrogens with zero attached hydrogens (tertiary/aromatic N) is 6. The van der Waals surface area contributed by atoms with E-state index in [-0.39, 0.29) is 12.4 Å². The molecule has 0 saturated carbocycles. The van der Waals surface area contributed by atoms with Crippen LogP contribution in [0.1, 0.15) is 17.1 Å². The van der Waals surface area contributed by atoms with E-state index in [1.807, 2.05) is 4.57 Å². The number of benzene rings is 1. The Kier molecular flexibility index (Phi) is 4.68. The lowest BCUT2D eigenvalue weighted by atomic mass is 10.1. The van der Waals surface area contributed by atoms with Crippen LogP contribution in [0.3, 0.4) is 0 Å². The highest BCUT2D eigenvalue weighted by Crippen LogP contribution is 2.26. The topological polar surface area (TPSA) is 104 Å². The quantitative estimate of drug-likeness (QED) is 0.538. The molecule has 0 amide bonds.